The molecule has 0 unspecified atom stereocenters. The second kappa shape index (κ2) is 6.72. The first kappa shape index (κ1) is 16.5. The molecule has 0 aliphatic carbocycles. The maximum atomic E-state index is 12.3. The third kappa shape index (κ3) is 3.36. The Bertz CT molecular complexity index is 1120. The Hall–Kier alpha value is -2.99. The number of rotatable bonds is 3. The number of amides is 1. The standard InChI is InChI=1S/C20H14BrN3O2/c1-12-3-2-4-13(7-12)20-24-17-6-5-16(9-18(17)26-20)23-19(25)14-8-15(21)11-22-10-14/h2-11H,1H3,(H,23,25). The number of aryl methyl sites for hydroxylation is 1. The number of halogens is 1. The lowest BCUT2D eigenvalue weighted by Gasteiger charge is -2.04. The Labute approximate surface area is 158 Å². The summed E-state index contributed by atoms with van der Waals surface area (Å²) in [6, 6.07) is 15.1. The molecule has 0 saturated carbocycles. The normalized spacial score (nSPS) is 10.8. The maximum absolute atomic E-state index is 12.3. The largest absolute Gasteiger partial charge is 0.436 e. The number of carbonyl (C=O) groups excluding carboxylic acids is 1. The minimum absolute atomic E-state index is 0.239. The van der Waals surface area contributed by atoms with E-state index in [0.29, 0.717) is 22.7 Å². The van der Waals surface area contributed by atoms with Crippen molar-refractivity contribution in [1.29, 1.82) is 0 Å². The van der Waals surface area contributed by atoms with E-state index in [9.17, 15) is 4.79 Å². The van der Waals surface area contributed by atoms with Crippen LogP contribution in [0.2, 0.25) is 0 Å². The molecule has 0 aliphatic heterocycles. The summed E-state index contributed by atoms with van der Waals surface area (Å²) < 4.78 is 6.62. The summed E-state index contributed by atoms with van der Waals surface area (Å²) in [6.45, 7) is 2.02. The zero-order chi connectivity index (χ0) is 18.1. The highest BCUT2D eigenvalue weighted by Gasteiger charge is 2.11. The first-order valence-corrected chi connectivity index (χ1v) is 8.77. The highest BCUT2D eigenvalue weighted by molar-refractivity contribution is 9.10. The van der Waals surface area contributed by atoms with Gasteiger partial charge in [0.05, 0.1) is 5.56 Å². The average molecular weight is 408 g/mol. The molecule has 5 nitrogen and oxygen atoms in total. The van der Waals surface area contributed by atoms with Gasteiger partial charge in [-0.1, -0.05) is 17.7 Å². The molecule has 1 amide bonds. The predicted molar refractivity (Wildman–Crippen MR) is 104 cm³/mol. The summed E-state index contributed by atoms with van der Waals surface area (Å²) in [4.78, 5) is 20.9. The Morgan fingerprint density at radius 1 is 1.12 bits per heavy atom. The van der Waals surface area contributed by atoms with E-state index in [1.165, 1.54) is 6.20 Å². The van der Waals surface area contributed by atoms with Crippen molar-refractivity contribution >= 4 is 38.6 Å². The summed E-state index contributed by atoms with van der Waals surface area (Å²) in [6.07, 6.45) is 3.15. The Morgan fingerprint density at radius 2 is 2.00 bits per heavy atom. The monoisotopic (exact) mass is 407 g/mol. The van der Waals surface area contributed by atoms with Gasteiger partial charge in [0.15, 0.2) is 5.58 Å². The van der Waals surface area contributed by atoms with Crippen LogP contribution in [0.15, 0.2) is 69.8 Å². The van der Waals surface area contributed by atoms with Crippen LogP contribution in [0.5, 0.6) is 0 Å². The van der Waals surface area contributed by atoms with Gasteiger partial charge in [0.25, 0.3) is 5.91 Å². The van der Waals surface area contributed by atoms with Gasteiger partial charge in [-0.3, -0.25) is 9.78 Å². The molecule has 0 atom stereocenters. The molecule has 2 heterocycles. The predicted octanol–water partition coefficient (Wildman–Crippen LogP) is 5.21. The minimum atomic E-state index is -0.239. The van der Waals surface area contributed by atoms with E-state index in [0.717, 1.165) is 21.1 Å². The smallest absolute Gasteiger partial charge is 0.257 e. The van der Waals surface area contributed by atoms with Crippen molar-refractivity contribution in [3.8, 4) is 11.5 Å². The summed E-state index contributed by atoms with van der Waals surface area (Å²) in [7, 11) is 0. The van der Waals surface area contributed by atoms with Crippen molar-refractivity contribution in [3.63, 3.8) is 0 Å². The van der Waals surface area contributed by atoms with Crippen LogP contribution in [0.25, 0.3) is 22.6 Å². The van der Waals surface area contributed by atoms with Gasteiger partial charge in [-0.2, -0.15) is 0 Å². The van der Waals surface area contributed by atoms with Gasteiger partial charge < -0.3 is 9.73 Å². The van der Waals surface area contributed by atoms with Crippen LogP contribution in [-0.4, -0.2) is 15.9 Å². The first-order chi connectivity index (χ1) is 12.6. The molecular weight excluding hydrogens is 394 g/mol. The molecule has 128 valence electrons. The summed E-state index contributed by atoms with van der Waals surface area (Å²) in [5.41, 5.74) is 4.52. The third-order valence-electron chi connectivity index (χ3n) is 3.88. The van der Waals surface area contributed by atoms with Gasteiger partial charge >= 0.3 is 0 Å². The number of nitrogens with one attached hydrogen (secondary N) is 1. The molecule has 0 bridgehead atoms. The lowest BCUT2D eigenvalue weighted by molar-refractivity contribution is 0.102. The molecule has 0 radical (unpaired) electrons. The van der Waals surface area contributed by atoms with E-state index in [1.807, 2.05) is 37.3 Å². The molecule has 0 fully saturated rings. The molecule has 0 spiro atoms. The van der Waals surface area contributed by atoms with Gasteiger partial charge in [0.1, 0.15) is 5.52 Å². The highest BCUT2D eigenvalue weighted by atomic mass is 79.9. The number of hydrogen-bond acceptors (Lipinski definition) is 4. The number of anilines is 1. The summed E-state index contributed by atoms with van der Waals surface area (Å²) >= 11 is 3.31. The molecule has 4 rings (SSSR count). The number of oxazole rings is 1. The van der Waals surface area contributed by atoms with E-state index in [1.54, 1.807) is 24.4 Å². The molecule has 0 saturated heterocycles. The zero-order valence-electron chi connectivity index (χ0n) is 13.9. The first-order valence-electron chi connectivity index (χ1n) is 7.98. The average Bonchev–Trinajstić information content (AvgIpc) is 3.05. The number of hydrogen-bond donors (Lipinski definition) is 1. The van der Waals surface area contributed by atoms with Gasteiger partial charge in [-0.05, 0) is 53.2 Å². The topological polar surface area (TPSA) is 68.0 Å². The quantitative estimate of drug-likeness (QED) is 0.505. The molecule has 2 aromatic carbocycles. The number of nitrogens with zero attached hydrogens (tertiary/aromatic N) is 2. The fourth-order valence-corrected chi connectivity index (χ4v) is 3.01. The lowest BCUT2D eigenvalue weighted by atomic mass is 10.1. The van der Waals surface area contributed by atoms with Gasteiger partial charge in [0, 0.05) is 34.2 Å². The van der Waals surface area contributed by atoms with E-state index in [2.05, 4.69) is 31.2 Å². The fourth-order valence-electron chi connectivity index (χ4n) is 2.64. The van der Waals surface area contributed by atoms with Crippen molar-refractivity contribution in [2.75, 3.05) is 5.32 Å². The molecule has 6 heteroatoms. The van der Waals surface area contributed by atoms with Crippen LogP contribution in [-0.2, 0) is 0 Å². The molecule has 26 heavy (non-hydrogen) atoms. The number of fused-ring (bicyclic) bond motifs is 1. The zero-order valence-corrected chi connectivity index (χ0v) is 15.4. The SMILES string of the molecule is Cc1cccc(-c2nc3ccc(NC(=O)c4cncc(Br)c4)cc3o2)c1. The van der Waals surface area contributed by atoms with Crippen LogP contribution in [0, 0.1) is 6.92 Å². The molecule has 2 aromatic heterocycles. The van der Waals surface area contributed by atoms with Crippen LogP contribution in [0.1, 0.15) is 15.9 Å². The van der Waals surface area contributed by atoms with E-state index in [-0.39, 0.29) is 5.91 Å². The minimum Gasteiger partial charge on any atom is -0.436 e. The van der Waals surface area contributed by atoms with Crippen molar-refractivity contribution in [3.05, 3.63) is 76.5 Å². The summed E-state index contributed by atoms with van der Waals surface area (Å²) in [5, 5.41) is 2.85. The van der Waals surface area contributed by atoms with Crippen molar-refractivity contribution < 1.29 is 9.21 Å². The van der Waals surface area contributed by atoms with Crippen molar-refractivity contribution in [2.45, 2.75) is 6.92 Å². The van der Waals surface area contributed by atoms with Gasteiger partial charge in [0.2, 0.25) is 5.89 Å². The maximum Gasteiger partial charge on any atom is 0.257 e. The highest BCUT2D eigenvalue weighted by Crippen LogP contribution is 2.27. The number of carbonyl (C=O) groups is 1. The Morgan fingerprint density at radius 3 is 2.81 bits per heavy atom. The molecule has 4 aromatic rings. The van der Waals surface area contributed by atoms with E-state index in [4.69, 9.17) is 4.42 Å². The van der Waals surface area contributed by atoms with E-state index < -0.39 is 0 Å². The van der Waals surface area contributed by atoms with Crippen molar-refractivity contribution in [1.82, 2.24) is 9.97 Å². The molecular formula is C20H14BrN3O2. The van der Waals surface area contributed by atoms with Crippen LogP contribution < -0.4 is 5.32 Å². The number of aromatic nitrogens is 2. The third-order valence-corrected chi connectivity index (χ3v) is 4.31. The van der Waals surface area contributed by atoms with Crippen molar-refractivity contribution in [2.24, 2.45) is 0 Å². The molecule has 1 N–H and O–H groups in total. The van der Waals surface area contributed by atoms with E-state index >= 15 is 0 Å². The second-order valence-electron chi connectivity index (χ2n) is 5.92. The van der Waals surface area contributed by atoms with Crippen LogP contribution >= 0.6 is 15.9 Å². The molecule has 0 aliphatic rings. The van der Waals surface area contributed by atoms with Gasteiger partial charge in [-0.15, -0.1) is 0 Å². The second-order valence-corrected chi connectivity index (χ2v) is 6.83. The fraction of sp³-hybridized carbons (Fsp3) is 0.0500. The Balaban J connectivity index is 1.62. The van der Waals surface area contributed by atoms with Gasteiger partial charge in [-0.25, -0.2) is 4.98 Å². The Kier molecular flexibility index (Phi) is 4.26. The number of pyridine rings is 1. The number of benzene rings is 2. The summed E-state index contributed by atoms with van der Waals surface area (Å²) in [5.74, 6) is 0.319. The van der Waals surface area contributed by atoms with Crippen LogP contribution in [0.3, 0.4) is 0 Å². The lowest BCUT2D eigenvalue weighted by Crippen LogP contribution is -2.12. The van der Waals surface area contributed by atoms with Crippen LogP contribution in [0.4, 0.5) is 5.69 Å².